The minimum absolute atomic E-state index is 0.0100. The molecule has 1 aromatic rings. The normalized spacial score (nSPS) is 12.1. The van der Waals surface area contributed by atoms with Crippen molar-refractivity contribution < 1.29 is 14.8 Å². The SMILES string of the molecule is CSc1ccc([N+](=O)[O-])c(C(=O)NC(C)(C)C(C)(C)O)c1. The summed E-state index contributed by atoms with van der Waals surface area (Å²) in [7, 11) is 0. The topological polar surface area (TPSA) is 92.5 Å². The first-order chi connectivity index (χ1) is 9.49. The highest BCUT2D eigenvalue weighted by molar-refractivity contribution is 7.98. The second kappa shape index (κ2) is 6.03. The Morgan fingerprint density at radius 2 is 1.90 bits per heavy atom. The van der Waals surface area contributed by atoms with Crippen molar-refractivity contribution in [3.63, 3.8) is 0 Å². The molecule has 2 N–H and O–H groups in total. The number of carbonyl (C=O) groups excluding carboxylic acids is 1. The third-order valence-corrected chi connectivity index (χ3v) is 4.33. The number of hydrogen-bond donors (Lipinski definition) is 2. The van der Waals surface area contributed by atoms with E-state index in [1.54, 1.807) is 33.8 Å². The number of nitro groups is 1. The van der Waals surface area contributed by atoms with Gasteiger partial charge in [-0.1, -0.05) is 0 Å². The van der Waals surface area contributed by atoms with Gasteiger partial charge in [0.1, 0.15) is 5.56 Å². The Balaban J connectivity index is 3.20. The summed E-state index contributed by atoms with van der Waals surface area (Å²) in [6.45, 7) is 6.46. The maximum Gasteiger partial charge on any atom is 0.282 e. The second-order valence-corrected chi connectivity index (χ2v) is 6.66. The van der Waals surface area contributed by atoms with Crippen molar-refractivity contribution in [1.29, 1.82) is 0 Å². The van der Waals surface area contributed by atoms with Crippen LogP contribution in [0.2, 0.25) is 0 Å². The highest BCUT2D eigenvalue weighted by atomic mass is 32.2. The summed E-state index contributed by atoms with van der Waals surface area (Å²) in [5.74, 6) is -0.579. The van der Waals surface area contributed by atoms with Gasteiger partial charge in [0.2, 0.25) is 0 Å². The highest BCUT2D eigenvalue weighted by Gasteiger charge is 2.37. The Morgan fingerprint density at radius 3 is 2.33 bits per heavy atom. The van der Waals surface area contributed by atoms with E-state index >= 15 is 0 Å². The molecule has 0 aliphatic rings. The number of nitro benzene ring substituents is 1. The smallest absolute Gasteiger partial charge is 0.282 e. The molecule has 0 unspecified atom stereocenters. The Kier molecular flexibility index (Phi) is 5.01. The number of benzene rings is 1. The third-order valence-electron chi connectivity index (χ3n) is 3.60. The van der Waals surface area contributed by atoms with Crippen molar-refractivity contribution in [1.82, 2.24) is 5.32 Å². The number of hydrogen-bond acceptors (Lipinski definition) is 5. The molecular formula is C14H20N2O4S. The summed E-state index contributed by atoms with van der Waals surface area (Å²) in [6, 6.07) is 4.40. The van der Waals surface area contributed by atoms with Crippen LogP contribution >= 0.6 is 11.8 Å². The van der Waals surface area contributed by atoms with Crippen molar-refractivity contribution in [3.8, 4) is 0 Å². The number of nitrogens with one attached hydrogen (secondary N) is 1. The molecule has 0 aliphatic carbocycles. The first kappa shape index (κ1) is 17.5. The van der Waals surface area contributed by atoms with Crippen molar-refractivity contribution in [3.05, 3.63) is 33.9 Å². The van der Waals surface area contributed by atoms with Gasteiger partial charge in [-0.25, -0.2) is 0 Å². The van der Waals surface area contributed by atoms with E-state index in [0.717, 1.165) is 4.90 Å². The maximum absolute atomic E-state index is 12.4. The first-order valence-corrected chi connectivity index (χ1v) is 7.59. The Hall–Kier alpha value is -1.60. The monoisotopic (exact) mass is 312 g/mol. The van der Waals surface area contributed by atoms with Crippen LogP contribution in [-0.4, -0.2) is 33.3 Å². The van der Waals surface area contributed by atoms with Gasteiger partial charge in [0, 0.05) is 11.0 Å². The van der Waals surface area contributed by atoms with Gasteiger partial charge in [0.25, 0.3) is 11.6 Å². The predicted octanol–water partition coefficient (Wildman–Crippen LogP) is 2.60. The fraction of sp³-hybridized carbons (Fsp3) is 0.500. The molecule has 0 aromatic heterocycles. The predicted molar refractivity (Wildman–Crippen MR) is 82.7 cm³/mol. The zero-order chi connectivity index (χ0) is 16.4. The summed E-state index contributed by atoms with van der Waals surface area (Å²) in [4.78, 5) is 23.6. The van der Waals surface area contributed by atoms with E-state index in [4.69, 9.17) is 0 Å². The van der Waals surface area contributed by atoms with Crippen LogP contribution in [0.25, 0.3) is 0 Å². The van der Waals surface area contributed by atoms with Gasteiger partial charge < -0.3 is 10.4 Å². The zero-order valence-electron chi connectivity index (χ0n) is 12.8. The molecule has 0 radical (unpaired) electrons. The molecule has 1 rings (SSSR count). The van der Waals surface area contributed by atoms with E-state index < -0.39 is 22.0 Å². The van der Waals surface area contributed by atoms with Crippen LogP contribution in [0.5, 0.6) is 0 Å². The lowest BCUT2D eigenvalue weighted by molar-refractivity contribution is -0.385. The highest BCUT2D eigenvalue weighted by Crippen LogP contribution is 2.27. The summed E-state index contributed by atoms with van der Waals surface area (Å²) in [6.07, 6.45) is 1.82. The van der Waals surface area contributed by atoms with Crippen LogP contribution in [0, 0.1) is 10.1 Å². The quantitative estimate of drug-likeness (QED) is 0.495. The van der Waals surface area contributed by atoms with Crippen LogP contribution < -0.4 is 5.32 Å². The minimum atomic E-state index is -1.17. The molecule has 0 fully saturated rings. The molecule has 21 heavy (non-hydrogen) atoms. The van der Waals surface area contributed by atoms with E-state index in [2.05, 4.69) is 5.32 Å². The minimum Gasteiger partial charge on any atom is -0.388 e. The number of thioether (sulfide) groups is 1. The molecule has 0 saturated heterocycles. The second-order valence-electron chi connectivity index (χ2n) is 5.78. The van der Waals surface area contributed by atoms with Crippen LogP contribution in [-0.2, 0) is 0 Å². The summed E-state index contributed by atoms with van der Waals surface area (Å²) in [5, 5.41) is 23.8. The number of rotatable bonds is 5. The van der Waals surface area contributed by atoms with Crippen molar-refractivity contribution in [2.75, 3.05) is 6.26 Å². The third kappa shape index (κ3) is 3.95. The summed E-state index contributed by atoms with van der Waals surface area (Å²) < 4.78 is 0. The lowest BCUT2D eigenvalue weighted by Crippen LogP contribution is -2.57. The van der Waals surface area contributed by atoms with Crippen LogP contribution in [0.4, 0.5) is 5.69 Å². The standard InChI is InChI=1S/C14H20N2O4S/c1-13(2,14(3,4)18)15-12(17)10-8-9(21-5)6-7-11(10)16(19)20/h6-8,18H,1-5H3,(H,15,17). The van der Waals surface area contributed by atoms with Crippen LogP contribution in [0.3, 0.4) is 0 Å². The lowest BCUT2D eigenvalue weighted by atomic mass is 9.85. The largest absolute Gasteiger partial charge is 0.388 e. The van der Waals surface area contributed by atoms with Gasteiger partial charge in [-0.05, 0) is 46.1 Å². The molecule has 0 atom stereocenters. The van der Waals surface area contributed by atoms with Gasteiger partial charge in [0.15, 0.2) is 0 Å². The molecule has 0 saturated carbocycles. The Labute approximate surface area is 128 Å². The van der Waals surface area contributed by atoms with E-state index in [0.29, 0.717) is 0 Å². The fourth-order valence-corrected chi connectivity index (χ4v) is 1.93. The van der Waals surface area contributed by atoms with Crippen LogP contribution in [0.15, 0.2) is 23.1 Å². The molecule has 0 heterocycles. The lowest BCUT2D eigenvalue weighted by Gasteiger charge is -2.37. The van der Waals surface area contributed by atoms with E-state index in [1.807, 2.05) is 6.26 Å². The van der Waals surface area contributed by atoms with Gasteiger partial charge in [-0.2, -0.15) is 0 Å². The van der Waals surface area contributed by atoms with Gasteiger partial charge in [-0.15, -0.1) is 11.8 Å². The zero-order valence-corrected chi connectivity index (χ0v) is 13.6. The molecule has 7 heteroatoms. The number of nitrogens with zero attached hydrogens (tertiary/aromatic N) is 1. The molecule has 1 amide bonds. The molecule has 6 nitrogen and oxygen atoms in total. The first-order valence-electron chi connectivity index (χ1n) is 6.37. The molecule has 1 aromatic carbocycles. The number of carbonyl (C=O) groups is 1. The molecular weight excluding hydrogens is 292 g/mol. The average Bonchev–Trinajstić information content (AvgIpc) is 2.35. The molecule has 116 valence electrons. The van der Waals surface area contributed by atoms with Crippen molar-refractivity contribution in [2.24, 2.45) is 0 Å². The molecule has 0 aliphatic heterocycles. The van der Waals surface area contributed by atoms with E-state index in [9.17, 15) is 20.0 Å². The van der Waals surface area contributed by atoms with Crippen LogP contribution in [0.1, 0.15) is 38.1 Å². The Bertz CT molecular complexity index is 565. The van der Waals surface area contributed by atoms with Gasteiger partial charge in [0.05, 0.1) is 16.1 Å². The van der Waals surface area contributed by atoms with E-state index in [-0.39, 0.29) is 11.3 Å². The number of aliphatic hydroxyl groups is 1. The van der Waals surface area contributed by atoms with Gasteiger partial charge in [-0.3, -0.25) is 14.9 Å². The average molecular weight is 312 g/mol. The number of amides is 1. The van der Waals surface area contributed by atoms with Crippen molar-refractivity contribution in [2.45, 2.75) is 43.7 Å². The molecule has 0 bridgehead atoms. The molecule has 0 spiro atoms. The van der Waals surface area contributed by atoms with Crippen molar-refractivity contribution >= 4 is 23.4 Å². The maximum atomic E-state index is 12.4. The Morgan fingerprint density at radius 1 is 1.33 bits per heavy atom. The summed E-state index contributed by atoms with van der Waals surface area (Å²) in [5.41, 5.74) is -2.37. The van der Waals surface area contributed by atoms with Gasteiger partial charge >= 0.3 is 0 Å². The summed E-state index contributed by atoms with van der Waals surface area (Å²) >= 11 is 1.39. The van der Waals surface area contributed by atoms with E-state index in [1.165, 1.54) is 23.9 Å². The fourth-order valence-electron chi connectivity index (χ4n) is 1.49.